The highest BCUT2D eigenvalue weighted by molar-refractivity contribution is 7.16. The quantitative estimate of drug-likeness (QED) is 0.783. The second-order valence-corrected chi connectivity index (χ2v) is 8.79. The Labute approximate surface area is 148 Å². The number of rotatable bonds is 6. The van der Waals surface area contributed by atoms with Gasteiger partial charge in [-0.05, 0) is 62.8 Å². The van der Waals surface area contributed by atoms with Crippen LogP contribution in [0.15, 0.2) is 6.58 Å². The van der Waals surface area contributed by atoms with Crippen LogP contribution in [0.25, 0.3) is 5.70 Å². The molecule has 3 aliphatic rings. The number of aryl methyl sites for hydroxylation is 1. The predicted molar refractivity (Wildman–Crippen MR) is 101 cm³/mol. The molecule has 0 bridgehead atoms. The van der Waals surface area contributed by atoms with Gasteiger partial charge in [0.05, 0.1) is 0 Å². The maximum atomic E-state index is 12.4. The summed E-state index contributed by atoms with van der Waals surface area (Å²) in [6.07, 6.45) is 12.2. The van der Waals surface area contributed by atoms with Gasteiger partial charge >= 0.3 is 0 Å². The van der Waals surface area contributed by atoms with Crippen molar-refractivity contribution in [1.29, 1.82) is 0 Å². The Bertz CT molecular complexity index is 640. The highest BCUT2D eigenvalue weighted by Gasteiger charge is 2.29. The van der Waals surface area contributed by atoms with E-state index in [9.17, 15) is 4.79 Å². The fourth-order valence-electron chi connectivity index (χ4n) is 3.91. The molecule has 24 heavy (non-hydrogen) atoms. The van der Waals surface area contributed by atoms with Crippen molar-refractivity contribution in [2.24, 2.45) is 11.8 Å². The molecule has 3 aliphatic carbocycles. The molecule has 4 rings (SSSR count). The Hall–Kier alpha value is -1.29. The van der Waals surface area contributed by atoms with E-state index in [2.05, 4.69) is 17.2 Å². The van der Waals surface area contributed by atoms with Crippen LogP contribution in [0.5, 0.6) is 0 Å². The first-order chi connectivity index (χ1) is 11.7. The van der Waals surface area contributed by atoms with Crippen molar-refractivity contribution in [3.05, 3.63) is 22.6 Å². The van der Waals surface area contributed by atoms with Crippen LogP contribution in [-0.2, 0) is 17.6 Å². The topological polar surface area (TPSA) is 41.1 Å². The summed E-state index contributed by atoms with van der Waals surface area (Å²) in [5, 5.41) is 7.86. The SMILES string of the molecule is C=C(NCC1CCC1)c1c(NC(=O)C2CCC2)sc2c1CCCC2. The fourth-order valence-corrected chi connectivity index (χ4v) is 5.23. The van der Waals surface area contributed by atoms with Gasteiger partial charge in [0.2, 0.25) is 5.91 Å². The molecule has 1 aromatic rings. The Kier molecular flexibility index (Phi) is 4.66. The summed E-state index contributed by atoms with van der Waals surface area (Å²) in [4.78, 5) is 13.9. The molecule has 0 aliphatic heterocycles. The molecule has 0 unspecified atom stereocenters. The minimum Gasteiger partial charge on any atom is -0.385 e. The number of anilines is 1. The smallest absolute Gasteiger partial charge is 0.228 e. The molecule has 2 saturated carbocycles. The van der Waals surface area contributed by atoms with Crippen molar-refractivity contribution in [1.82, 2.24) is 5.32 Å². The molecule has 1 amide bonds. The third-order valence-corrected chi connectivity index (χ3v) is 7.22. The van der Waals surface area contributed by atoms with E-state index in [1.807, 2.05) is 0 Å². The van der Waals surface area contributed by atoms with E-state index in [0.717, 1.165) is 48.8 Å². The van der Waals surface area contributed by atoms with Crippen molar-refractivity contribution in [3.63, 3.8) is 0 Å². The van der Waals surface area contributed by atoms with E-state index >= 15 is 0 Å². The van der Waals surface area contributed by atoms with Crippen LogP contribution in [-0.4, -0.2) is 12.5 Å². The summed E-state index contributed by atoms with van der Waals surface area (Å²) in [7, 11) is 0. The van der Waals surface area contributed by atoms with Crippen LogP contribution < -0.4 is 10.6 Å². The summed E-state index contributed by atoms with van der Waals surface area (Å²) >= 11 is 1.79. The van der Waals surface area contributed by atoms with E-state index in [1.54, 1.807) is 11.3 Å². The molecular formula is C20H28N2OS. The molecule has 130 valence electrons. The van der Waals surface area contributed by atoms with Gasteiger partial charge in [0.25, 0.3) is 0 Å². The summed E-state index contributed by atoms with van der Waals surface area (Å²) in [5.74, 6) is 1.25. The van der Waals surface area contributed by atoms with Gasteiger partial charge in [0, 0.05) is 28.6 Å². The second-order valence-electron chi connectivity index (χ2n) is 7.69. The molecule has 0 spiro atoms. The molecule has 0 saturated heterocycles. The number of carbonyl (C=O) groups is 1. The molecule has 0 atom stereocenters. The number of fused-ring (bicyclic) bond motifs is 1. The van der Waals surface area contributed by atoms with Gasteiger partial charge in [-0.15, -0.1) is 11.3 Å². The van der Waals surface area contributed by atoms with Gasteiger partial charge in [-0.3, -0.25) is 4.79 Å². The van der Waals surface area contributed by atoms with Crippen molar-refractivity contribution < 1.29 is 4.79 Å². The zero-order chi connectivity index (χ0) is 16.5. The monoisotopic (exact) mass is 344 g/mol. The molecule has 3 nitrogen and oxygen atoms in total. The van der Waals surface area contributed by atoms with Gasteiger partial charge in [0.15, 0.2) is 0 Å². The average Bonchev–Trinajstić information content (AvgIpc) is 2.81. The van der Waals surface area contributed by atoms with Crippen LogP contribution >= 0.6 is 11.3 Å². The summed E-state index contributed by atoms with van der Waals surface area (Å²) < 4.78 is 0. The number of nitrogens with one attached hydrogen (secondary N) is 2. The third-order valence-electron chi connectivity index (χ3n) is 6.01. The molecule has 0 aromatic carbocycles. The van der Waals surface area contributed by atoms with Crippen molar-refractivity contribution in [3.8, 4) is 0 Å². The highest BCUT2D eigenvalue weighted by Crippen LogP contribution is 2.41. The predicted octanol–water partition coefficient (Wildman–Crippen LogP) is 4.73. The summed E-state index contributed by atoms with van der Waals surface area (Å²) in [6, 6.07) is 0. The van der Waals surface area contributed by atoms with E-state index in [4.69, 9.17) is 0 Å². The van der Waals surface area contributed by atoms with E-state index in [-0.39, 0.29) is 11.8 Å². The molecule has 0 radical (unpaired) electrons. The Morgan fingerprint density at radius 1 is 1.08 bits per heavy atom. The summed E-state index contributed by atoms with van der Waals surface area (Å²) in [5.41, 5.74) is 3.67. The molecule has 1 heterocycles. The largest absolute Gasteiger partial charge is 0.385 e. The Morgan fingerprint density at radius 3 is 2.50 bits per heavy atom. The summed E-state index contributed by atoms with van der Waals surface area (Å²) in [6.45, 7) is 5.35. The lowest BCUT2D eigenvalue weighted by Gasteiger charge is -2.27. The van der Waals surface area contributed by atoms with Gasteiger partial charge in [0.1, 0.15) is 5.00 Å². The molecule has 4 heteroatoms. The first-order valence-corrected chi connectivity index (χ1v) is 10.4. The maximum Gasteiger partial charge on any atom is 0.228 e. The number of amides is 1. The molecule has 1 aromatic heterocycles. The minimum atomic E-state index is 0.216. The molecular weight excluding hydrogens is 316 g/mol. The second kappa shape index (κ2) is 6.91. The Balaban J connectivity index is 1.53. The number of carbonyl (C=O) groups excluding carboxylic acids is 1. The number of thiophene rings is 1. The van der Waals surface area contributed by atoms with Crippen molar-refractivity contribution in [2.75, 3.05) is 11.9 Å². The number of hydrogen-bond donors (Lipinski definition) is 2. The minimum absolute atomic E-state index is 0.216. The van der Waals surface area contributed by atoms with Crippen LogP contribution in [0.4, 0.5) is 5.00 Å². The van der Waals surface area contributed by atoms with E-state index in [1.165, 1.54) is 54.5 Å². The zero-order valence-electron chi connectivity index (χ0n) is 14.5. The first-order valence-electron chi connectivity index (χ1n) is 9.61. The normalized spacial score (nSPS) is 20.7. The van der Waals surface area contributed by atoms with Crippen LogP contribution in [0, 0.1) is 11.8 Å². The van der Waals surface area contributed by atoms with Crippen LogP contribution in [0.2, 0.25) is 0 Å². The van der Waals surface area contributed by atoms with Crippen LogP contribution in [0.3, 0.4) is 0 Å². The standard InChI is InChI=1S/C20H28N2OS/c1-13(21-12-14-6-4-7-14)18-16-10-2-3-11-17(16)24-20(18)22-19(23)15-8-5-9-15/h14-15,21H,1-12H2,(H,22,23). The van der Waals surface area contributed by atoms with E-state index < -0.39 is 0 Å². The van der Waals surface area contributed by atoms with Gasteiger partial charge in [-0.2, -0.15) is 0 Å². The Morgan fingerprint density at radius 2 is 1.83 bits per heavy atom. The average molecular weight is 345 g/mol. The lowest BCUT2D eigenvalue weighted by atomic mass is 9.84. The van der Waals surface area contributed by atoms with Gasteiger partial charge in [-0.25, -0.2) is 0 Å². The number of hydrogen-bond acceptors (Lipinski definition) is 3. The first kappa shape index (κ1) is 16.2. The van der Waals surface area contributed by atoms with Crippen molar-refractivity contribution >= 4 is 27.9 Å². The van der Waals surface area contributed by atoms with Crippen molar-refractivity contribution in [2.45, 2.75) is 64.2 Å². The maximum absolute atomic E-state index is 12.4. The lowest BCUT2D eigenvalue weighted by molar-refractivity contribution is -0.122. The van der Waals surface area contributed by atoms with Gasteiger partial charge < -0.3 is 10.6 Å². The highest BCUT2D eigenvalue weighted by atomic mass is 32.1. The van der Waals surface area contributed by atoms with Crippen LogP contribution in [0.1, 0.15) is 67.4 Å². The fraction of sp³-hybridized carbons (Fsp3) is 0.650. The van der Waals surface area contributed by atoms with E-state index in [0.29, 0.717) is 0 Å². The molecule has 2 fully saturated rings. The molecule has 2 N–H and O–H groups in total. The lowest BCUT2D eigenvalue weighted by Crippen LogP contribution is -2.29. The van der Waals surface area contributed by atoms with Gasteiger partial charge in [-0.1, -0.05) is 19.4 Å². The zero-order valence-corrected chi connectivity index (χ0v) is 15.3. The third kappa shape index (κ3) is 3.13.